The number of hydrogen-bond acceptors (Lipinski definition) is 4. The first kappa shape index (κ1) is 14.6. The number of phenolic OH excluding ortho intramolecular Hbond substituents is 2. The molecule has 0 aliphatic rings. The fourth-order valence-electron chi connectivity index (χ4n) is 1.62. The largest absolute Gasteiger partial charge is 0.508 e. The lowest BCUT2D eigenvalue weighted by Gasteiger charge is -2.08. The smallest absolute Gasteiger partial charge is 0.171 e. The highest BCUT2D eigenvalue weighted by atomic mass is 127. The summed E-state index contributed by atoms with van der Waals surface area (Å²) in [5, 5.41) is 19.1. The molecule has 0 amide bonds. The van der Waals surface area contributed by atoms with Gasteiger partial charge in [-0.25, -0.2) is 0 Å². The number of halogens is 1. The summed E-state index contributed by atoms with van der Waals surface area (Å²) < 4.78 is 6.09. The Labute approximate surface area is 130 Å². The summed E-state index contributed by atoms with van der Waals surface area (Å²) in [7, 11) is 0. The Morgan fingerprint density at radius 1 is 1.20 bits per heavy atom. The molecule has 0 fully saturated rings. The highest BCUT2D eigenvalue weighted by molar-refractivity contribution is 14.1. The molecule has 0 saturated heterocycles. The molecule has 2 aromatic carbocycles. The van der Waals surface area contributed by atoms with E-state index in [1.807, 2.05) is 35.6 Å². The molecule has 5 heteroatoms. The molecule has 20 heavy (non-hydrogen) atoms. The van der Waals surface area contributed by atoms with Crippen LogP contribution in [0.1, 0.15) is 12.5 Å². The zero-order valence-electron chi connectivity index (χ0n) is 10.9. The second-order valence-electron chi connectivity index (χ2n) is 4.06. The van der Waals surface area contributed by atoms with Crippen LogP contribution < -0.4 is 4.74 Å². The van der Waals surface area contributed by atoms with E-state index in [0.29, 0.717) is 15.9 Å². The number of ether oxygens (including phenoxy) is 1. The minimum Gasteiger partial charge on any atom is -0.508 e. The maximum atomic E-state index is 9.86. The van der Waals surface area contributed by atoms with Crippen LogP contribution in [0.15, 0.2) is 41.4 Å². The first-order valence-electron chi connectivity index (χ1n) is 6.08. The first-order chi connectivity index (χ1) is 9.60. The molecule has 0 aromatic heterocycles. The van der Waals surface area contributed by atoms with Crippen molar-refractivity contribution in [2.75, 3.05) is 6.61 Å². The zero-order chi connectivity index (χ0) is 14.5. The molecule has 0 heterocycles. The summed E-state index contributed by atoms with van der Waals surface area (Å²) in [5.74, 6) is 0.808. The Balaban J connectivity index is 2.26. The minimum atomic E-state index is 0.147. The number of rotatable bonds is 4. The standard InChI is InChI=1S/C15H14INO3/c1-2-20-14-8-10(7-13(16)15(14)19)9-17-11-3-5-12(18)6-4-11/h3-9,18-19H,2H2,1H3. The number of nitrogens with zero attached hydrogens (tertiary/aromatic N) is 1. The van der Waals surface area contributed by atoms with Gasteiger partial charge in [0.25, 0.3) is 0 Å². The lowest BCUT2D eigenvalue weighted by molar-refractivity contribution is 0.317. The average molecular weight is 383 g/mol. The highest BCUT2D eigenvalue weighted by Crippen LogP contribution is 2.32. The molecule has 4 nitrogen and oxygen atoms in total. The molecule has 2 N–H and O–H groups in total. The molecule has 0 bridgehead atoms. The normalized spacial score (nSPS) is 10.9. The molecule has 0 unspecified atom stereocenters. The van der Waals surface area contributed by atoms with Gasteiger partial charge in [0.15, 0.2) is 11.5 Å². The SMILES string of the molecule is CCOc1cc(C=Nc2ccc(O)cc2)cc(I)c1O. The Hall–Kier alpha value is -1.76. The van der Waals surface area contributed by atoms with Gasteiger partial charge < -0.3 is 14.9 Å². The van der Waals surface area contributed by atoms with E-state index in [4.69, 9.17) is 4.74 Å². The predicted octanol–water partition coefficient (Wildman–Crippen LogP) is 3.85. The predicted molar refractivity (Wildman–Crippen MR) is 87.4 cm³/mol. The van der Waals surface area contributed by atoms with Crippen molar-refractivity contribution in [2.24, 2.45) is 4.99 Å². The van der Waals surface area contributed by atoms with Crippen LogP contribution in [0.25, 0.3) is 0 Å². The van der Waals surface area contributed by atoms with Gasteiger partial charge in [-0.2, -0.15) is 0 Å². The van der Waals surface area contributed by atoms with E-state index >= 15 is 0 Å². The van der Waals surface area contributed by atoms with Gasteiger partial charge in [-0.1, -0.05) is 0 Å². The van der Waals surface area contributed by atoms with Crippen molar-refractivity contribution in [3.63, 3.8) is 0 Å². The topological polar surface area (TPSA) is 62.0 Å². The molecule has 2 rings (SSSR count). The third-order valence-electron chi connectivity index (χ3n) is 2.56. The number of phenols is 2. The number of aliphatic imine (C=N–C) groups is 1. The van der Waals surface area contributed by atoms with Gasteiger partial charge in [-0.15, -0.1) is 0 Å². The number of benzene rings is 2. The van der Waals surface area contributed by atoms with Crippen LogP contribution in [0.4, 0.5) is 5.69 Å². The van der Waals surface area contributed by atoms with Gasteiger partial charge in [0, 0.05) is 6.21 Å². The summed E-state index contributed by atoms with van der Waals surface area (Å²) in [5.41, 5.74) is 1.58. The van der Waals surface area contributed by atoms with Crippen LogP contribution in [0.2, 0.25) is 0 Å². The van der Waals surface area contributed by atoms with Gasteiger partial charge in [-0.3, -0.25) is 4.99 Å². The third-order valence-corrected chi connectivity index (χ3v) is 3.39. The zero-order valence-corrected chi connectivity index (χ0v) is 13.0. The lowest BCUT2D eigenvalue weighted by Crippen LogP contribution is -1.95. The van der Waals surface area contributed by atoms with Crippen molar-refractivity contribution in [3.05, 3.63) is 45.5 Å². The van der Waals surface area contributed by atoms with Crippen LogP contribution >= 0.6 is 22.6 Å². The van der Waals surface area contributed by atoms with Crippen LogP contribution in [-0.4, -0.2) is 23.0 Å². The highest BCUT2D eigenvalue weighted by Gasteiger charge is 2.08. The van der Waals surface area contributed by atoms with E-state index in [-0.39, 0.29) is 11.5 Å². The number of hydrogen-bond donors (Lipinski definition) is 2. The molecular formula is C15H14INO3. The van der Waals surface area contributed by atoms with E-state index in [2.05, 4.69) is 4.99 Å². The van der Waals surface area contributed by atoms with Gasteiger partial charge in [0.05, 0.1) is 15.9 Å². The summed E-state index contributed by atoms with van der Waals surface area (Å²) in [6.45, 7) is 2.35. The van der Waals surface area contributed by atoms with Gasteiger partial charge in [0.2, 0.25) is 0 Å². The minimum absolute atomic E-state index is 0.147. The Bertz CT molecular complexity index is 624. The average Bonchev–Trinajstić information content (AvgIpc) is 2.44. The molecular weight excluding hydrogens is 369 g/mol. The summed E-state index contributed by atoms with van der Waals surface area (Å²) in [4.78, 5) is 4.31. The van der Waals surface area contributed by atoms with Gasteiger partial charge in [-0.05, 0) is 71.5 Å². The van der Waals surface area contributed by atoms with Crippen LogP contribution in [0.5, 0.6) is 17.2 Å². The number of aromatic hydroxyl groups is 2. The van der Waals surface area contributed by atoms with E-state index in [9.17, 15) is 10.2 Å². The van der Waals surface area contributed by atoms with E-state index in [0.717, 1.165) is 11.3 Å². The molecule has 104 valence electrons. The summed E-state index contributed by atoms with van der Waals surface area (Å²) in [6.07, 6.45) is 1.69. The Morgan fingerprint density at radius 2 is 1.90 bits per heavy atom. The summed E-state index contributed by atoms with van der Waals surface area (Å²) >= 11 is 2.05. The quantitative estimate of drug-likeness (QED) is 0.623. The van der Waals surface area contributed by atoms with Crippen LogP contribution in [0.3, 0.4) is 0 Å². The second kappa shape index (κ2) is 6.60. The lowest BCUT2D eigenvalue weighted by atomic mass is 10.2. The monoisotopic (exact) mass is 383 g/mol. The molecule has 2 aromatic rings. The summed E-state index contributed by atoms with van der Waals surface area (Å²) in [6, 6.07) is 10.2. The van der Waals surface area contributed by atoms with Crippen molar-refractivity contribution >= 4 is 34.5 Å². The molecule has 0 aliphatic heterocycles. The molecule has 0 spiro atoms. The van der Waals surface area contributed by atoms with Gasteiger partial charge >= 0.3 is 0 Å². The van der Waals surface area contributed by atoms with E-state index in [1.54, 1.807) is 36.5 Å². The van der Waals surface area contributed by atoms with Crippen molar-refractivity contribution in [1.82, 2.24) is 0 Å². The fraction of sp³-hybridized carbons (Fsp3) is 0.133. The van der Waals surface area contributed by atoms with Crippen molar-refractivity contribution in [1.29, 1.82) is 0 Å². The van der Waals surface area contributed by atoms with Crippen LogP contribution in [0, 0.1) is 3.57 Å². The molecule has 0 atom stereocenters. The van der Waals surface area contributed by atoms with Crippen molar-refractivity contribution in [3.8, 4) is 17.2 Å². The van der Waals surface area contributed by atoms with Gasteiger partial charge in [0.1, 0.15) is 5.75 Å². The maximum Gasteiger partial charge on any atom is 0.171 e. The third kappa shape index (κ3) is 3.63. The maximum absolute atomic E-state index is 9.86. The van der Waals surface area contributed by atoms with Crippen molar-refractivity contribution in [2.45, 2.75) is 6.92 Å². The second-order valence-corrected chi connectivity index (χ2v) is 5.22. The van der Waals surface area contributed by atoms with Crippen LogP contribution in [-0.2, 0) is 0 Å². The van der Waals surface area contributed by atoms with E-state index in [1.165, 1.54) is 0 Å². The first-order valence-corrected chi connectivity index (χ1v) is 7.16. The Morgan fingerprint density at radius 3 is 2.55 bits per heavy atom. The Kier molecular flexibility index (Phi) is 4.84. The molecule has 0 saturated carbocycles. The van der Waals surface area contributed by atoms with Crippen molar-refractivity contribution < 1.29 is 14.9 Å². The fourth-order valence-corrected chi connectivity index (χ4v) is 2.25. The molecule has 0 radical (unpaired) electrons. The van der Waals surface area contributed by atoms with E-state index < -0.39 is 0 Å². The molecule has 0 aliphatic carbocycles.